The van der Waals surface area contributed by atoms with Crippen LogP contribution in [0.5, 0.6) is 0 Å². The van der Waals surface area contributed by atoms with Gasteiger partial charge in [-0.3, -0.25) is 14.3 Å². The maximum absolute atomic E-state index is 13.1. The SMILES string of the molecule is CC(C)(C)OC(=O)N1CCC(C(=O)Nc2cc3n(n2)CCN(C(=O)c2cc4ccccc4[nH]2)C3)CC1. The van der Waals surface area contributed by atoms with Gasteiger partial charge < -0.3 is 24.8 Å². The average molecular weight is 493 g/mol. The number of nitrogens with one attached hydrogen (secondary N) is 2. The number of carbonyl (C=O) groups excluding carboxylic acids is 3. The monoisotopic (exact) mass is 492 g/mol. The highest BCUT2D eigenvalue weighted by atomic mass is 16.6. The first-order valence-corrected chi connectivity index (χ1v) is 12.4. The fourth-order valence-electron chi connectivity index (χ4n) is 4.74. The molecule has 2 aliphatic rings. The molecule has 0 radical (unpaired) electrons. The normalized spacial score (nSPS) is 16.6. The van der Waals surface area contributed by atoms with Crippen molar-refractivity contribution in [3.05, 3.63) is 47.8 Å². The third-order valence-corrected chi connectivity index (χ3v) is 6.61. The summed E-state index contributed by atoms with van der Waals surface area (Å²) in [5.74, 6) is 0.147. The van der Waals surface area contributed by atoms with Crippen molar-refractivity contribution < 1.29 is 19.1 Å². The number of ether oxygens (including phenoxy) is 1. The summed E-state index contributed by atoms with van der Waals surface area (Å²) >= 11 is 0. The van der Waals surface area contributed by atoms with Gasteiger partial charge in [0.15, 0.2) is 5.82 Å². The van der Waals surface area contributed by atoms with E-state index < -0.39 is 5.60 Å². The molecular weight excluding hydrogens is 460 g/mol. The van der Waals surface area contributed by atoms with Gasteiger partial charge >= 0.3 is 6.09 Å². The molecule has 0 saturated carbocycles. The zero-order chi connectivity index (χ0) is 25.4. The molecule has 1 saturated heterocycles. The maximum atomic E-state index is 13.1. The quantitative estimate of drug-likeness (QED) is 0.580. The molecule has 3 amide bonds. The molecule has 4 heterocycles. The van der Waals surface area contributed by atoms with Crippen LogP contribution in [0.2, 0.25) is 0 Å². The number of benzene rings is 1. The standard InChI is InChI=1S/C26H32N6O4/c1-26(2,3)36-25(35)30-10-8-17(9-11-30)23(33)28-22-15-19-16-31(12-13-32(19)29-22)24(34)21-14-18-6-4-5-7-20(18)27-21/h4-7,14-15,17,27H,8-13,16H2,1-3H3,(H,28,29,33). The summed E-state index contributed by atoms with van der Waals surface area (Å²) in [5.41, 5.74) is 1.84. The van der Waals surface area contributed by atoms with Crippen LogP contribution >= 0.6 is 0 Å². The van der Waals surface area contributed by atoms with Crippen molar-refractivity contribution in [2.45, 2.75) is 52.3 Å². The van der Waals surface area contributed by atoms with Gasteiger partial charge in [-0.25, -0.2) is 4.79 Å². The third kappa shape index (κ3) is 5.07. The van der Waals surface area contributed by atoms with Crippen LogP contribution in [0.25, 0.3) is 10.9 Å². The molecule has 0 atom stereocenters. The Morgan fingerprint density at radius 2 is 1.78 bits per heavy atom. The Labute approximate surface area is 209 Å². The molecule has 2 N–H and O–H groups in total. The maximum Gasteiger partial charge on any atom is 0.410 e. The lowest BCUT2D eigenvalue weighted by Crippen LogP contribution is -2.43. The Morgan fingerprint density at radius 1 is 1.03 bits per heavy atom. The van der Waals surface area contributed by atoms with Crippen molar-refractivity contribution in [1.82, 2.24) is 24.6 Å². The minimum atomic E-state index is -0.540. The van der Waals surface area contributed by atoms with Gasteiger partial charge in [-0.05, 0) is 45.7 Å². The summed E-state index contributed by atoms with van der Waals surface area (Å²) in [6, 6.07) is 11.5. The molecule has 0 spiro atoms. The van der Waals surface area contributed by atoms with Crippen molar-refractivity contribution in [2.24, 2.45) is 5.92 Å². The number of anilines is 1. The zero-order valence-corrected chi connectivity index (χ0v) is 20.9. The van der Waals surface area contributed by atoms with E-state index in [1.54, 1.807) is 9.80 Å². The first-order valence-electron chi connectivity index (χ1n) is 12.4. The molecule has 2 aromatic heterocycles. The zero-order valence-electron chi connectivity index (χ0n) is 20.9. The van der Waals surface area contributed by atoms with E-state index in [1.807, 2.05) is 61.9 Å². The molecule has 2 aliphatic heterocycles. The lowest BCUT2D eigenvalue weighted by Gasteiger charge is -2.32. The molecule has 1 fully saturated rings. The number of H-pyrrole nitrogens is 1. The van der Waals surface area contributed by atoms with E-state index in [-0.39, 0.29) is 23.8 Å². The number of amides is 3. The summed E-state index contributed by atoms with van der Waals surface area (Å²) < 4.78 is 7.27. The number of aromatic amines is 1. The topological polar surface area (TPSA) is 113 Å². The van der Waals surface area contributed by atoms with Crippen molar-refractivity contribution in [1.29, 1.82) is 0 Å². The van der Waals surface area contributed by atoms with E-state index in [4.69, 9.17) is 4.74 Å². The predicted octanol–water partition coefficient (Wildman–Crippen LogP) is 3.61. The van der Waals surface area contributed by atoms with Gasteiger partial charge in [0.2, 0.25) is 5.91 Å². The highest BCUT2D eigenvalue weighted by Crippen LogP contribution is 2.24. The Kier molecular flexibility index (Phi) is 6.19. The van der Waals surface area contributed by atoms with Crippen LogP contribution < -0.4 is 5.32 Å². The van der Waals surface area contributed by atoms with Gasteiger partial charge in [0.1, 0.15) is 11.3 Å². The van der Waals surface area contributed by atoms with Gasteiger partial charge in [-0.1, -0.05) is 18.2 Å². The second-order valence-corrected chi connectivity index (χ2v) is 10.5. The summed E-state index contributed by atoms with van der Waals surface area (Å²) in [4.78, 5) is 44.9. The van der Waals surface area contributed by atoms with Gasteiger partial charge in [-0.15, -0.1) is 0 Å². The molecule has 36 heavy (non-hydrogen) atoms. The van der Waals surface area contributed by atoms with E-state index in [0.29, 0.717) is 57.1 Å². The van der Waals surface area contributed by atoms with Crippen LogP contribution in [-0.4, -0.2) is 67.7 Å². The van der Waals surface area contributed by atoms with Gasteiger partial charge in [0, 0.05) is 42.5 Å². The molecule has 0 bridgehead atoms. The van der Waals surface area contributed by atoms with Crippen LogP contribution in [0, 0.1) is 5.92 Å². The highest BCUT2D eigenvalue weighted by Gasteiger charge is 2.31. The Balaban J connectivity index is 1.16. The Morgan fingerprint density at radius 3 is 2.50 bits per heavy atom. The number of fused-ring (bicyclic) bond motifs is 2. The predicted molar refractivity (Wildman–Crippen MR) is 134 cm³/mol. The lowest BCUT2D eigenvalue weighted by molar-refractivity contribution is -0.121. The third-order valence-electron chi connectivity index (χ3n) is 6.61. The van der Waals surface area contributed by atoms with Crippen LogP contribution in [0.4, 0.5) is 10.6 Å². The number of hydrogen-bond acceptors (Lipinski definition) is 5. The number of nitrogens with zero attached hydrogens (tertiary/aromatic N) is 4. The molecule has 10 heteroatoms. The number of likely N-dealkylation sites (tertiary alicyclic amines) is 1. The molecule has 0 aliphatic carbocycles. The molecule has 190 valence electrons. The van der Waals surface area contributed by atoms with Gasteiger partial charge in [-0.2, -0.15) is 5.10 Å². The first kappa shape index (κ1) is 23.9. The smallest absolute Gasteiger partial charge is 0.410 e. The minimum absolute atomic E-state index is 0.0546. The molecule has 5 rings (SSSR count). The minimum Gasteiger partial charge on any atom is -0.444 e. The number of para-hydroxylation sites is 1. The molecule has 10 nitrogen and oxygen atoms in total. The Hall–Kier alpha value is -3.82. The van der Waals surface area contributed by atoms with E-state index >= 15 is 0 Å². The fraction of sp³-hybridized carbons (Fsp3) is 0.462. The van der Waals surface area contributed by atoms with Crippen molar-refractivity contribution in [3.8, 4) is 0 Å². The number of piperidine rings is 1. The summed E-state index contributed by atoms with van der Waals surface area (Å²) in [6.45, 7) is 8.01. The van der Waals surface area contributed by atoms with Crippen LogP contribution in [0.3, 0.4) is 0 Å². The van der Waals surface area contributed by atoms with E-state index in [0.717, 1.165) is 16.6 Å². The molecule has 1 aromatic carbocycles. The van der Waals surface area contributed by atoms with Crippen LogP contribution in [-0.2, 0) is 22.6 Å². The summed E-state index contributed by atoms with van der Waals surface area (Å²) in [7, 11) is 0. The van der Waals surface area contributed by atoms with E-state index in [9.17, 15) is 14.4 Å². The number of hydrogen-bond donors (Lipinski definition) is 2. The molecule has 0 unspecified atom stereocenters. The van der Waals surface area contributed by atoms with Crippen molar-refractivity contribution in [2.75, 3.05) is 25.0 Å². The van der Waals surface area contributed by atoms with E-state index in [1.165, 1.54) is 0 Å². The van der Waals surface area contributed by atoms with Crippen LogP contribution in [0.15, 0.2) is 36.4 Å². The van der Waals surface area contributed by atoms with Gasteiger partial charge in [0.25, 0.3) is 5.91 Å². The number of aromatic nitrogens is 3. The molecular formula is C26H32N6O4. The molecule has 3 aromatic rings. The number of rotatable bonds is 3. The highest BCUT2D eigenvalue weighted by molar-refractivity contribution is 5.98. The first-order chi connectivity index (χ1) is 17.2. The van der Waals surface area contributed by atoms with Crippen LogP contribution in [0.1, 0.15) is 49.8 Å². The second kappa shape index (κ2) is 9.33. The van der Waals surface area contributed by atoms with Crippen molar-refractivity contribution >= 4 is 34.6 Å². The fourth-order valence-corrected chi connectivity index (χ4v) is 4.74. The average Bonchev–Trinajstić information content (AvgIpc) is 3.45. The Bertz CT molecular complexity index is 1260. The summed E-state index contributed by atoms with van der Waals surface area (Å²) in [6.07, 6.45) is 0.811. The van der Waals surface area contributed by atoms with E-state index in [2.05, 4.69) is 15.4 Å². The summed E-state index contributed by atoms with van der Waals surface area (Å²) in [5, 5.41) is 8.46. The largest absolute Gasteiger partial charge is 0.444 e. The van der Waals surface area contributed by atoms with Crippen molar-refractivity contribution in [3.63, 3.8) is 0 Å². The lowest BCUT2D eigenvalue weighted by atomic mass is 9.96. The van der Waals surface area contributed by atoms with Gasteiger partial charge in [0.05, 0.1) is 18.8 Å². The second-order valence-electron chi connectivity index (χ2n) is 10.5. The number of carbonyl (C=O) groups is 3.